The van der Waals surface area contributed by atoms with E-state index in [0.717, 1.165) is 12.0 Å². The molecule has 1 N–H and O–H groups in total. The van der Waals surface area contributed by atoms with Gasteiger partial charge < -0.3 is 4.90 Å². The number of nitrogens with zero attached hydrogens (tertiary/aromatic N) is 1. The number of hydrogen-bond acceptors (Lipinski definition) is 3. The summed E-state index contributed by atoms with van der Waals surface area (Å²) in [5.41, 5.74) is 2.05. The van der Waals surface area contributed by atoms with Crippen LogP contribution in [-0.2, 0) is 21.2 Å². The van der Waals surface area contributed by atoms with Crippen LogP contribution in [0.5, 0.6) is 0 Å². The predicted molar refractivity (Wildman–Crippen MR) is 98.0 cm³/mol. The summed E-state index contributed by atoms with van der Waals surface area (Å²) < 4.78 is 41.0. The highest BCUT2D eigenvalue weighted by molar-refractivity contribution is 7.89. The third kappa shape index (κ3) is 3.64. The molecule has 0 aliphatic carbocycles. The van der Waals surface area contributed by atoms with Gasteiger partial charge >= 0.3 is 0 Å². The van der Waals surface area contributed by atoms with Crippen LogP contribution in [0.2, 0.25) is 0 Å². The summed E-state index contributed by atoms with van der Waals surface area (Å²) in [5, 5.41) is 0. The zero-order chi connectivity index (χ0) is 18.9. The molecule has 1 aliphatic rings. The van der Waals surface area contributed by atoms with E-state index in [-0.39, 0.29) is 16.6 Å². The van der Waals surface area contributed by atoms with Gasteiger partial charge in [-0.3, -0.25) is 4.79 Å². The fourth-order valence-corrected chi connectivity index (χ4v) is 4.23. The van der Waals surface area contributed by atoms with Crippen molar-refractivity contribution in [1.82, 2.24) is 4.72 Å². The molecular weight excluding hydrogens is 355 g/mol. The Kier molecular flexibility index (Phi) is 5.11. The summed E-state index contributed by atoms with van der Waals surface area (Å²) in [7, 11) is -3.78. The van der Waals surface area contributed by atoms with Crippen molar-refractivity contribution in [2.75, 3.05) is 11.4 Å². The molecule has 1 heterocycles. The van der Waals surface area contributed by atoms with Gasteiger partial charge in [-0.25, -0.2) is 12.8 Å². The van der Waals surface area contributed by atoms with Crippen LogP contribution in [0.1, 0.15) is 24.5 Å². The van der Waals surface area contributed by atoms with E-state index in [1.807, 2.05) is 6.92 Å². The van der Waals surface area contributed by atoms with Gasteiger partial charge in [0.05, 0.1) is 4.90 Å². The molecule has 0 saturated carbocycles. The van der Waals surface area contributed by atoms with Crippen LogP contribution in [0.3, 0.4) is 0 Å². The van der Waals surface area contributed by atoms with E-state index < -0.39 is 16.1 Å². The number of sulfonamides is 1. The van der Waals surface area contributed by atoms with E-state index in [1.54, 1.807) is 37.3 Å². The van der Waals surface area contributed by atoms with E-state index in [1.165, 1.54) is 17.0 Å². The van der Waals surface area contributed by atoms with Gasteiger partial charge in [-0.1, -0.05) is 19.1 Å². The van der Waals surface area contributed by atoms with Gasteiger partial charge in [0, 0.05) is 12.2 Å². The number of benzene rings is 2. The molecule has 3 rings (SSSR count). The number of nitrogens with one attached hydrogen (secondary N) is 1. The summed E-state index contributed by atoms with van der Waals surface area (Å²) in [6.07, 6.45) is 1.18. The minimum absolute atomic E-state index is 0.138. The fraction of sp³-hybridized carbons (Fsp3) is 0.316. The van der Waals surface area contributed by atoms with Gasteiger partial charge in [0.2, 0.25) is 15.9 Å². The van der Waals surface area contributed by atoms with Gasteiger partial charge in [0.25, 0.3) is 0 Å². The minimum atomic E-state index is -3.78. The van der Waals surface area contributed by atoms with Crippen molar-refractivity contribution in [3.63, 3.8) is 0 Å². The van der Waals surface area contributed by atoms with E-state index in [2.05, 4.69) is 4.72 Å². The molecule has 5 nitrogen and oxygen atoms in total. The maximum Gasteiger partial charge on any atom is 0.245 e. The zero-order valence-electron chi connectivity index (χ0n) is 14.7. The number of aryl methyl sites for hydroxylation is 2. The quantitative estimate of drug-likeness (QED) is 0.873. The Morgan fingerprint density at radius 1 is 1.19 bits per heavy atom. The molecule has 1 fully saturated rings. The highest BCUT2D eigenvalue weighted by atomic mass is 32.2. The second-order valence-corrected chi connectivity index (χ2v) is 8.10. The average Bonchev–Trinajstić information content (AvgIpc) is 2.97. The van der Waals surface area contributed by atoms with Crippen LogP contribution in [0.4, 0.5) is 10.1 Å². The second-order valence-electron chi connectivity index (χ2n) is 6.38. The highest BCUT2D eigenvalue weighted by Gasteiger charge is 2.35. The maximum atomic E-state index is 13.4. The summed E-state index contributed by atoms with van der Waals surface area (Å²) in [5.74, 6) is -0.669. The van der Waals surface area contributed by atoms with Crippen molar-refractivity contribution in [3.8, 4) is 0 Å². The first kappa shape index (κ1) is 18.5. The molecule has 138 valence electrons. The third-order valence-electron chi connectivity index (χ3n) is 4.60. The van der Waals surface area contributed by atoms with Crippen LogP contribution in [0.15, 0.2) is 47.4 Å². The van der Waals surface area contributed by atoms with Crippen molar-refractivity contribution < 1.29 is 17.6 Å². The standard InChI is InChI=1S/C19H21FN2O3S/c1-3-14-4-7-16(8-5-14)26(24,25)21-18-10-11-22(19(18)23)15-6-9-17(20)13(2)12-15/h4-9,12,18,21H,3,10-11H2,1-2H3/t18-/m0/s1. The number of hydrogen-bond donors (Lipinski definition) is 1. The lowest BCUT2D eigenvalue weighted by Crippen LogP contribution is -2.41. The Morgan fingerprint density at radius 2 is 1.88 bits per heavy atom. The van der Waals surface area contributed by atoms with E-state index in [0.29, 0.717) is 24.2 Å². The fourth-order valence-electron chi connectivity index (χ4n) is 3.00. The van der Waals surface area contributed by atoms with Gasteiger partial charge in [0.15, 0.2) is 0 Å². The zero-order valence-corrected chi connectivity index (χ0v) is 15.5. The minimum Gasteiger partial charge on any atom is -0.311 e. The van der Waals surface area contributed by atoms with Crippen molar-refractivity contribution >= 4 is 21.6 Å². The summed E-state index contributed by atoms with van der Waals surface area (Å²) >= 11 is 0. The molecule has 1 aliphatic heterocycles. The first-order valence-electron chi connectivity index (χ1n) is 8.50. The first-order valence-corrected chi connectivity index (χ1v) is 9.99. The first-order chi connectivity index (χ1) is 12.3. The number of amides is 1. The van der Waals surface area contributed by atoms with Crippen LogP contribution in [0.25, 0.3) is 0 Å². The van der Waals surface area contributed by atoms with Crippen LogP contribution < -0.4 is 9.62 Å². The maximum absolute atomic E-state index is 13.4. The molecule has 1 amide bonds. The monoisotopic (exact) mass is 376 g/mol. The lowest BCUT2D eigenvalue weighted by Gasteiger charge is -2.18. The molecule has 0 aromatic heterocycles. The summed E-state index contributed by atoms with van der Waals surface area (Å²) in [6, 6.07) is 10.2. The lowest BCUT2D eigenvalue weighted by atomic mass is 10.2. The molecule has 0 spiro atoms. The lowest BCUT2D eigenvalue weighted by molar-refractivity contribution is -0.118. The van der Waals surface area contributed by atoms with Crippen molar-refractivity contribution in [2.24, 2.45) is 0 Å². The molecule has 1 saturated heterocycles. The van der Waals surface area contributed by atoms with E-state index in [4.69, 9.17) is 0 Å². The summed E-state index contributed by atoms with van der Waals surface area (Å²) in [4.78, 5) is 14.2. The molecule has 1 atom stereocenters. The molecule has 0 radical (unpaired) electrons. The van der Waals surface area contributed by atoms with Crippen LogP contribution >= 0.6 is 0 Å². The number of carbonyl (C=O) groups excluding carboxylic acids is 1. The smallest absolute Gasteiger partial charge is 0.245 e. The number of anilines is 1. The third-order valence-corrected chi connectivity index (χ3v) is 6.09. The van der Waals surface area contributed by atoms with Gasteiger partial charge in [-0.15, -0.1) is 0 Å². The van der Waals surface area contributed by atoms with Crippen LogP contribution in [-0.4, -0.2) is 26.9 Å². The summed E-state index contributed by atoms with van der Waals surface area (Å²) in [6.45, 7) is 4.00. The molecule has 2 aromatic rings. The average molecular weight is 376 g/mol. The largest absolute Gasteiger partial charge is 0.311 e. The molecule has 0 unspecified atom stereocenters. The van der Waals surface area contributed by atoms with Crippen molar-refractivity contribution in [1.29, 1.82) is 0 Å². The van der Waals surface area contributed by atoms with E-state index >= 15 is 0 Å². The Morgan fingerprint density at radius 3 is 2.50 bits per heavy atom. The van der Waals surface area contributed by atoms with Crippen LogP contribution in [0, 0.1) is 12.7 Å². The molecule has 26 heavy (non-hydrogen) atoms. The van der Waals surface area contributed by atoms with Crippen molar-refractivity contribution in [2.45, 2.75) is 37.6 Å². The number of halogens is 1. The van der Waals surface area contributed by atoms with Gasteiger partial charge in [-0.2, -0.15) is 4.72 Å². The van der Waals surface area contributed by atoms with Crippen molar-refractivity contribution in [3.05, 3.63) is 59.4 Å². The topological polar surface area (TPSA) is 66.5 Å². The van der Waals surface area contributed by atoms with Gasteiger partial charge in [-0.05, 0) is 61.2 Å². The normalized spacial score (nSPS) is 17.7. The predicted octanol–water partition coefficient (Wildman–Crippen LogP) is 2.78. The molecule has 0 bridgehead atoms. The molecular formula is C19H21FN2O3S. The number of rotatable bonds is 5. The van der Waals surface area contributed by atoms with Gasteiger partial charge in [0.1, 0.15) is 11.9 Å². The Hall–Kier alpha value is -2.25. The Balaban J connectivity index is 1.76. The second kappa shape index (κ2) is 7.17. The molecule has 7 heteroatoms. The Labute approximate surface area is 152 Å². The number of carbonyl (C=O) groups is 1. The highest BCUT2D eigenvalue weighted by Crippen LogP contribution is 2.24. The Bertz CT molecular complexity index is 926. The molecule has 2 aromatic carbocycles. The SMILES string of the molecule is CCc1ccc(S(=O)(=O)N[C@H]2CCN(c3ccc(F)c(C)c3)C2=O)cc1. The van der Waals surface area contributed by atoms with E-state index in [9.17, 15) is 17.6 Å².